The Morgan fingerprint density at radius 3 is 2.05 bits per heavy atom. The maximum Gasteiger partial charge on any atom is 0.408 e. The van der Waals surface area contributed by atoms with Gasteiger partial charge in [0.25, 0.3) is 0 Å². The zero-order valence-electron chi connectivity index (χ0n) is 26.1. The Kier molecular flexibility index (Phi) is 14.4. The van der Waals surface area contributed by atoms with Crippen molar-refractivity contribution in [1.82, 2.24) is 16.0 Å². The largest absolute Gasteiger partial charge is 0.445 e. The van der Waals surface area contributed by atoms with Crippen LogP contribution < -0.4 is 16.0 Å². The van der Waals surface area contributed by atoms with Crippen molar-refractivity contribution in [1.29, 1.82) is 0 Å². The number of rotatable bonds is 16. The summed E-state index contributed by atoms with van der Waals surface area (Å²) in [4.78, 5) is 38.1. The zero-order valence-corrected chi connectivity index (χ0v) is 27.0. The van der Waals surface area contributed by atoms with Crippen molar-refractivity contribution >= 4 is 25.3 Å². The van der Waals surface area contributed by atoms with Gasteiger partial charge >= 0.3 is 6.09 Å². The van der Waals surface area contributed by atoms with Crippen LogP contribution in [0.1, 0.15) is 64.0 Å². The highest BCUT2D eigenvalue weighted by molar-refractivity contribution is 7.59. The van der Waals surface area contributed by atoms with E-state index in [0.717, 1.165) is 36.8 Å². The number of nitrogens with one attached hydrogen (secondary N) is 3. The Morgan fingerprint density at radius 1 is 0.864 bits per heavy atom. The summed E-state index contributed by atoms with van der Waals surface area (Å²) in [5.74, 6) is -1.03. The highest BCUT2D eigenvalue weighted by Crippen LogP contribution is 2.51. The molecule has 1 aliphatic rings. The first kappa shape index (κ1) is 35.3. The highest BCUT2D eigenvalue weighted by atomic mass is 31.2. The summed E-state index contributed by atoms with van der Waals surface area (Å²) in [7, 11) is -3.21. The van der Waals surface area contributed by atoms with E-state index in [0.29, 0.717) is 12.1 Å². The molecule has 0 aromatic heterocycles. The number of hydrogen-bond acceptors (Lipinski definition) is 7. The first-order valence-corrected chi connectivity index (χ1v) is 17.5. The second-order valence-corrected chi connectivity index (χ2v) is 14.6. The van der Waals surface area contributed by atoms with Gasteiger partial charge in [0.05, 0.1) is 18.9 Å². The third-order valence-electron chi connectivity index (χ3n) is 7.76. The lowest BCUT2D eigenvalue weighted by Crippen LogP contribution is -2.55. The minimum atomic E-state index is -3.21. The molecule has 0 spiro atoms. The van der Waals surface area contributed by atoms with Gasteiger partial charge in [0.1, 0.15) is 18.7 Å². The molecule has 0 radical (unpaired) electrons. The minimum absolute atomic E-state index is 0.0608. The number of hydrogen-bond donors (Lipinski definition) is 4. The van der Waals surface area contributed by atoms with E-state index < -0.39 is 43.5 Å². The van der Waals surface area contributed by atoms with E-state index >= 15 is 0 Å². The van der Waals surface area contributed by atoms with Crippen LogP contribution in [0.2, 0.25) is 0 Å². The fraction of sp³-hybridized carbons (Fsp3) is 0.545. The van der Waals surface area contributed by atoms with E-state index in [2.05, 4.69) is 16.0 Å². The molecule has 0 aliphatic heterocycles. The molecular formula is C33H48N3O7P. The zero-order chi connectivity index (χ0) is 32.0. The molecule has 44 heavy (non-hydrogen) atoms. The van der Waals surface area contributed by atoms with Gasteiger partial charge in [0.2, 0.25) is 19.2 Å². The average Bonchev–Trinajstić information content (AvgIpc) is 3.01. The molecule has 2 aromatic rings. The molecule has 4 N–H and O–H groups in total. The van der Waals surface area contributed by atoms with E-state index in [-0.39, 0.29) is 31.8 Å². The Labute approximate surface area is 261 Å². The molecule has 1 fully saturated rings. The van der Waals surface area contributed by atoms with E-state index in [1.165, 1.54) is 13.3 Å². The van der Waals surface area contributed by atoms with Crippen LogP contribution in [0.5, 0.6) is 0 Å². The lowest BCUT2D eigenvalue weighted by atomic mass is 9.91. The maximum atomic E-state index is 14.0. The van der Waals surface area contributed by atoms with Gasteiger partial charge in [0, 0.05) is 12.7 Å². The van der Waals surface area contributed by atoms with Crippen LogP contribution >= 0.6 is 7.37 Å². The van der Waals surface area contributed by atoms with Gasteiger partial charge in [-0.2, -0.15) is 0 Å². The summed E-state index contributed by atoms with van der Waals surface area (Å²) in [5, 5.41) is 18.7. The molecule has 3 rings (SSSR count). The topological polar surface area (TPSA) is 143 Å². The normalized spacial score (nSPS) is 17.1. The molecule has 4 atom stereocenters. The molecule has 0 heterocycles. The number of carbonyl (C=O) groups is 3. The second kappa shape index (κ2) is 17.9. The number of carbonyl (C=O) groups excluding carboxylic acids is 3. The SMILES string of the molecule is CC(C)[C@@H](NC(=O)[C@H](C)NC(=O)OCc1ccccc1)C(=O)NC[C@H](O)CP(=O)(CC1CCCCC1)OCc1ccccc1. The first-order valence-electron chi connectivity index (χ1n) is 15.5. The smallest absolute Gasteiger partial charge is 0.408 e. The summed E-state index contributed by atoms with van der Waals surface area (Å²) in [6.07, 6.45) is 3.89. The summed E-state index contributed by atoms with van der Waals surface area (Å²) >= 11 is 0. The lowest BCUT2D eigenvalue weighted by molar-refractivity contribution is -0.131. The predicted molar refractivity (Wildman–Crippen MR) is 170 cm³/mol. The summed E-state index contributed by atoms with van der Waals surface area (Å²) < 4.78 is 25.2. The minimum Gasteiger partial charge on any atom is -0.445 e. The van der Waals surface area contributed by atoms with Crippen molar-refractivity contribution < 1.29 is 33.3 Å². The van der Waals surface area contributed by atoms with E-state index in [1.807, 2.05) is 60.7 Å². The molecule has 242 valence electrons. The quantitative estimate of drug-likeness (QED) is 0.192. The average molecular weight is 630 g/mol. The predicted octanol–water partition coefficient (Wildman–Crippen LogP) is 4.99. The third-order valence-corrected chi connectivity index (χ3v) is 10.4. The Morgan fingerprint density at radius 2 is 1.45 bits per heavy atom. The molecule has 1 unspecified atom stereocenters. The van der Waals surface area contributed by atoms with Gasteiger partial charge in [-0.15, -0.1) is 0 Å². The van der Waals surface area contributed by atoms with Crippen LogP contribution in [0.15, 0.2) is 60.7 Å². The van der Waals surface area contributed by atoms with Gasteiger partial charge in [-0.25, -0.2) is 4.79 Å². The molecule has 10 nitrogen and oxygen atoms in total. The molecule has 0 saturated heterocycles. The fourth-order valence-corrected chi connectivity index (χ4v) is 7.91. The van der Waals surface area contributed by atoms with E-state index in [4.69, 9.17) is 9.26 Å². The number of alkyl carbamates (subject to hydrolysis) is 1. The van der Waals surface area contributed by atoms with Crippen LogP contribution in [0, 0.1) is 11.8 Å². The Hall–Kier alpha value is -3.20. The molecule has 1 saturated carbocycles. The maximum absolute atomic E-state index is 14.0. The number of aliphatic hydroxyl groups is 1. The van der Waals surface area contributed by atoms with Gasteiger partial charge in [-0.05, 0) is 42.7 Å². The lowest BCUT2D eigenvalue weighted by Gasteiger charge is -2.28. The molecule has 3 amide bonds. The first-order chi connectivity index (χ1) is 21.0. The third kappa shape index (κ3) is 12.4. The van der Waals surface area contributed by atoms with E-state index in [9.17, 15) is 24.1 Å². The number of aliphatic hydroxyl groups excluding tert-OH is 1. The van der Waals surface area contributed by atoms with Crippen LogP contribution in [0.3, 0.4) is 0 Å². The van der Waals surface area contributed by atoms with Crippen molar-refractivity contribution in [2.24, 2.45) is 11.8 Å². The van der Waals surface area contributed by atoms with Crippen molar-refractivity contribution in [3.8, 4) is 0 Å². The Balaban J connectivity index is 1.50. The number of benzene rings is 2. The molecule has 1 aliphatic carbocycles. The van der Waals surface area contributed by atoms with E-state index in [1.54, 1.807) is 13.8 Å². The number of amides is 3. The van der Waals surface area contributed by atoms with Crippen LogP contribution in [-0.2, 0) is 36.6 Å². The van der Waals surface area contributed by atoms with Crippen molar-refractivity contribution in [2.45, 2.75) is 84.3 Å². The Bertz CT molecular complexity index is 1220. The van der Waals surface area contributed by atoms with Crippen LogP contribution in [-0.4, -0.2) is 60.1 Å². The number of ether oxygens (including phenoxy) is 1. The molecule has 2 aromatic carbocycles. The standard InChI is InChI=1S/C33H48N3O7P/c1-24(2)30(36-31(38)25(3)35-33(40)42-20-26-13-7-4-8-14-26)32(39)34-19-29(37)23-44(41,22-28-17-11-6-12-18-28)43-21-27-15-9-5-10-16-27/h4-5,7-10,13-16,24-25,28-30,37H,6,11-12,17-23H2,1-3H3,(H,34,39)(H,35,40)(H,36,38)/t25-,29-,30+,44?/m0/s1. The van der Waals surface area contributed by atoms with Crippen molar-refractivity contribution in [2.75, 3.05) is 18.9 Å². The molecule has 11 heteroatoms. The van der Waals surface area contributed by atoms with Crippen molar-refractivity contribution in [3.63, 3.8) is 0 Å². The summed E-state index contributed by atoms with van der Waals surface area (Å²) in [6, 6.07) is 16.8. The van der Waals surface area contributed by atoms with Crippen LogP contribution in [0.4, 0.5) is 4.79 Å². The molecular weight excluding hydrogens is 581 g/mol. The van der Waals surface area contributed by atoms with Crippen molar-refractivity contribution in [3.05, 3.63) is 71.8 Å². The summed E-state index contributed by atoms with van der Waals surface area (Å²) in [5.41, 5.74) is 1.72. The monoisotopic (exact) mass is 629 g/mol. The molecule has 0 bridgehead atoms. The van der Waals surface area contributed by atoms with Gasteiger partial charge in [-0.3, -0.25) is 14.2 Å². The summed E-state index contributed by atoms with van der Waals surface area (Å²) in [6.45, 7) is 5.17. The second-order valence-electron chi connectivity index (χ2n) is 12.0. The highest BCUT2D eigenvalue weighted by Gasteiger charge is 2.33. The fourth-order valence-electron chi connectivity index (χ4n) is 5.24. The van der Waals surface area contributed by atoms with Gasteiger partial charge in [0.15, 0.2) is 0 Å². The van der Waals surface area contributed by atoms with Gasteiger partial charge < -0.3 is 30.3 Å². The van der Waals surface area contributed by atoms with Crippen LogP contribution in [0.25, 0.3) is 0 Å². The van der Waals surface area contributed by atoms with Gasteiger partial charge in [-0.1, -0.05) is 93.8 Å².